The van der Waals surface area contributed by atoms with Crippen LogP contribution in [0.2, 0.25) is 0 Å². The molecule has 2 rings (SSSR count). The molecule has 0 saturated heterocycles. The van der Waals surface area contributed by atoms with Gasteiger partial charge in [0.05, 0.1) is 18.7 Å². The molecule has 0 aromatic carbocycles. The van der Waals surface area contributed by atoms with Crippen LogP contribution in [0, 0.1) is 11.8 Å². The van der Waals surface area contributed by atoms with Gasteiger partial charge in [-0.1, -0.05) is 12.2 Å². The molecular weight excluding hydrogens is 294 g/mol. The molecule has 1 aromatic rings. The van der Waals surface area contributed by atoms with E-state index in [1.807, 2.05) is 0 Å². The molecule has 0 unspecified atom stereocenters. The van der Waals surface area contributed by atoms with Crippen LogP contribution < -0.4 is 10.4 Å². The number of anilines is 1. The summed E-state index contributed by atoms with van der Waals surface area (Å²) < 4.78 is 4.63. The van der Waals surface area contributed by atoms with E-state index in [0.717, 1.165) is 11.3 Å². The number of carboxylic acids is 1. The Balaban J connectivity index is 2.14. The predicted molar refractivity (Wildman–Crippen MR) is 74.6 cm³/mol. The van der Waals surface area contributed by atoms with E-state index < -0.39 is 29.7 Å². The number of nitrogens with one attached hydrogen (secondary N) is 1. The van der Waals surface area contributed by atoms with Gasteiger partial charge in [0.1, 0.15) is 4.88 Å². The van der Waals surface area contributed by atoms with Crippen LogP contribution in [0.15, 0.2) is 23.6 Å². The third-order valence-electron chi connectivity index (χ3n) is 3.37. The third-order valence-corrected chi connectivity index (χ3v) is 4.26. The first-order valence-electron chi connectivity index (χ1n) is 6.37. The summed E-state index contributed by atoms with van der Waals surface area (Å²) in [6, 6.07) is 1.58. The van der Waals surface area contributed by atoms with Crippen molar-refractivity contribution in [2.45, 2.75) is 12.8 Å². The highest BCUT2D eigenvalue weighted by Gasteiger charge is 2.30. The molecule has 21 heavy (non-hydrogen) atoms. The Bertz CT molecular complexity index is 592. The zero-order chi connectivity index (χ0) is 15.4. The van der Waals surface area contributed by atoms with Gasteiger partial charge in [-0.15, -0.1) is 11.3 Å². The van der Waals surface area contributed by atoms with E-state index in [1.54, 1.807) is 23.6 Å². The average molecular weight is 308 g/mol. The van der Waals surface area contributed by atoms with Gasteiger partial charge in [-0.05, 0) is 24.3 Å². The Labute approximate surface area is 125 Å². The summed E-state index contributed by atoms with van der Waals surface area (Å²) in [5.74, 6) is -3.77. The van der Waals surface area contributed by atoms with E-state index in [-0.39, 0.29) is 11.3 Å². The molecule has 1 N–H and O–H groups in total. The number of esters is 1. The van der Waals surface area contributed by atoms with Crippen LogP contribution >= 0.6 is 11.3 Å². The molecule has 112 valence electrons. The van der Waals surface area contributed by atoms with Crippen LogP contribution in [0.1, 0.15) is 22.5 Å². The van der Waals surface area contributed by atoms with Crippen LogP contribution in [-0.4, -0.2) is 25.0 Å². The van der Waals surface area contributed by atoms with E-state index >= 15 is 0 Å². The third kappa shape index (κ3) is 3.30. The van der Waals surface area contributed by atoms with E-state index in [0.29, 0.717) is 12.1 Å². The van der Waals surface area contributed by atoms with Crippen molar-refractivity contribution in [2.24, 2.45) is 11.8 Å². The van der Waals surface area contributed by atoms with Crippen LogP contribution in [0.4, 0.5) is 5.69 Å². The average Bonchev–Trinajstić information content (AvgIpc) is 2.94. The van der Waals surface area contributed by atoms with Crippen LogP contribution in [0.5, 0.6) is 0 Å². The van der Waals surface area contributed by atoms with Gasteiger partial charge in [0.25, 0.3) is 0 Å². The molecule has 2 atom stereocenters. The number of ether oxygens (including phenoxy) is 1. The Kier molecular flexibility index (Phi) is 4.74. The minimum Gasteiger partial charge on any atom is -0.550 e. The zero-order valence-corrected chi connectivity index (χ0v) is 12.1. The molecule has 0 bridgehead atoms. The first kappa shape index (κ1) is 15.2. The highest BCUT2D eigenvalue weighted by atomic mass is 32.1. The summed E-state index contributed by atoms with van der Waals surface area (Å²) in [6.07, 6.45) is 4.11. The largest absolute Gasteiger partial charge is 0.550 e. The lowest BCUT2D eigenvalue weighted by Crippen LogP contribution is -2.41. The fourth-order valence-corrected chi connectivity index (χ4v) is 3.01. The fraction of sp³-hybridized carbons (Fsp3) is 0.357. The number of methoxy groups -OCH3 is 1. The normalized spacial score (nSPS) is 20.8. The van der Waals surface area contributed by atoms with Crippen molar-refractivity contribution < 1.29 is 24.2 Å². The second kappa shape index (κ2) is 6.53. The van der Waals surface area contributed by atoms with E-state index in [4.69, 9.17) is 0 Å². The molecule has 0 spiro atoms. The van der Waals surface area contributed by atoms with Crippen LogP contribution in [0.3, 0.4) is 0 Å². The van der Waals surface area contributed by atoms with E-state index in [9.17, 15) is 19.5 Å². The number of allylic oxidation sites excluding steroid dienone is 2. The number of carboxylic acid groups (broad SMARTS) is 1. The van der Waals surface area contributed by atoms with Crippen molar-refractivity contribution in [3.8, 4) is 0 Å². The zero-order valence-electron chi connectivity index (χ0n) is 11.3. The smallest absolute Gasteiger partial charge is 0.350 e. The van der Waals surface area contributed by atoms with Crippen LogP contribution in [0.25, 0.3) is 0 Å². The van der Waals surface area contributed by atoms with Gasteiger partial charge in [0.15, 0.2) is 0 Å². The van der Waals surface area contributed by atoms with Gasteiger partial charge in [-0.2, -0.15) is 0 Å². The molecule has 1 aliphatic carbocycles. The monoisotopic (exact) mass is 308 g/mol. The maximum Gasteiger partial charge on any atom is 0.350 e. The van der Waals surface area contributed by atoms with Gasteiger partial charge in [0, 0.05) is 11.9 Å². The number of thiophene rings is 1. The first-order valence-corrected chi connectivity index (χ1v) is 7.25. The number of carbonyl (C=O) groups is 3. The Hall–Kier alpha value is -2.15. The maximum absolute atomic E-state index is 12.3. The summed E-state index contributed by atoms with van der Waals surface area (Å²) in [5, 5.41) is 15.4. The molecule has 7 heteroatoms. The summed E-state index contributed by atoms with van der Waals surface area (Å²) in [4.78, 5) is 35.2. The van der Waals surface area contributed by atoms with Crippen molar-refractivity contribution in [3.05, 3.63) is 28.5 Å². The standard InChI is InChI=1S/C14H15NO5S/c1-20-14(19)11-10(6-7-21-11)15-12(16)8-4-2-3-5-9(8)13(17)18/h2-3,6-9H,4-5H2,1H3,(H,15,16)(H,17,18)/p-1/t8-,9+/m1/s1. The molecule has 1 aromatic heterocycles. The van der Waals surface area contributed by atoms with Gasteiger partial charge >= 0.3 is 5.97 Å². The molecular formula is C14H14NO5S-. The molecule has 0 aliphatic heterocycles. The minimum absolute atomic E-state index is 0.272. The Morgan fingerprint density at radius 1 is 1.29 bits per heavy atom. The van der Waals surface area contributed by atoms with Gasteiger partial charge in [-0.3, -0.25) is 4.79 Å². The van der Waals surface area contributed by atoms with Crippen molar-refractivity contribution in [2.75, 3.05) is 12.4 Å². The molecule has 1 heterocycles. The van der Waals surface area contributed by atoms with Crippen molar-refractivity contribution >= 4 is 34.9 Å². The van der Waals surface area contributed by atoms with E-state index in [1.165, 1.54) is 7.11 Å². The lowest BCUT2D eigenvalue weighted by atomic mass is 9.82. The van der Waals surface area contributed by atoms with E-state index in [2.05, 4.69) is 10.1 Å². The lowest BCUT2D eigenvalue weighted by Gasteiger charge is -2.28. The number of amides is 1. The number of aliphatic carboxylic acids is 1. The molecule has 1 amide bonds. The molecule has 0 saturated carbocycles. The number of hydrogen-bond acceptors (Lipinski definition) is 6. The number of carbonyl (C=O) groups excluding carboxylic acids is 3. The topological polar surface area (TPSA) is 95.5 Å². The number of rotatable bonds is 4. The van der Waals surface area contributed by atoms with Crippen molar-refractivity contribution in [1.82, 2.24) is 0 Å². The quantitative estimate of drug-likeness (QED) is 0.656. The summed E-state index contributed by atoms with van der Waals surface area (Å²) in [6.45, 7) is 0. The molecule has 1 aliphatic rings. The molecule has 0 fully saturated rings. The second-order valence-electron chi connectivity index (χ2n) is 4.62. The minimum atomic E-state index is -1.24. The van der Waals surface area contributed by atoms with Gasteiger partial charge in [-0.25, -0.2) is 4.79 Å². The highest BCUT2D eigenvalue weighted by Crippen LogP contribution is 2.29. The maximum atomic E-state index is 12.3. The summed E-state index contributed by atoms with van der Waals surface area (Å²) >= 11 is 1.15. The predicted octanol–water partition coefficient (Wildman–Crippen LogP) is 0.805. The Morgan fingerprint density at radius 2 is 1.95 bits per heavy atom. The van der Waals surface area contributed by atoms with Crippen molar-refractivity contribution in [3.63, 3.8) is 0 Å². The Morgan fingerprint density at radius 3 is 2.57 bits per heavy atom. The van der Waals surface area contributed by atoms with Gasteiger partial charge < -0.3 is 20.0 Å². The second-order valence-corrected chi connectivity index (χ2v) is 5.54. The SMILES string of the molecule is COC(=O)c1sccc1NC(=O)[C@@H]1CC=CC[C@@H]1C(=O)[O-]. The van der Waals surface area contributed by atoms with Crippen LogP contribution in [-0.2, 0) is 14.3 Å². The van der Waals surface area contributed by atoms with Crippen molar-refractivity contribution in [1.29, 1.82) is 0 Å². The molecule has 0 radical (unpaired) electrons. The highest BCUT2D eigenvalue weighted by molar-refractivity contribution is 7.12. The lowest BCUT2D eigenvalue weighted by molar-refractivity contribution is -0.313. The number of hydrogen-bond donors (Lipinski definition) is 1. The fourth-order valence-electron chi connectivity index (χ4n) is 2.25. The van der Waals surface area contributed by atoms with Gasteiger partial charge in [0.2, 0.25) is 5.91 Å². The first-order chi connectivity index (χ1) is 10.0. The molecule has 6 nitrogen and oxygen atoms in total. The summed E-state index contributed by atoms with van der Waals surface area (Å²) in [7, 11) is 1.26. The summed E-state index contributed by atoms with van der Waals surface area (Å²) in [5.41, 5.74) is 0.337.